The van der Waals surface area contributed by atoms with E-state index in [1.807, 2.05) is 19.9 Å². The van der Waals surface area contributed by atoms with Crippen LogP contribution in [0.4, 0.5) is 0 Å². The fraction of sp³-hybridized carbons (Fsp3) is 0.455. The molecular weight excluding hydrogens is 192 g/mol. The van der Waals surface area contributed by atoms with Crippen molar-refractivity contribution in [3.8, 4) is 0 Å². The van der Waals surface area contributed by atoms with E-state index < -0.39 is 0 Å². The number of nitrogens with zero attached hydrogens (tertiary/aromatic N) is 2. The second-order valence-electron chi connectivity index (χ2n) is 3.88. The molecule has 80 valence electrons. The van der Waals surface area contributed by atoms with Gasteiger partial charge in [0, 0.05) is 12.4 Å². The van der Waals surface area contributed by atoms with Crippen molar-refractivity contribution in [3.05, 3.63) is 29.6 Å². The summed E-state index contributed by atoms with van der Waals surface area (Å²) >= 11 is 0. The Morgan fingerprint density at radius 2 is 2.40 bits per heavy atom. The molecule has 0 bridgehead atoms. The average molecular weight is 206 g/mol. The van der Waals surface area contributed by atoms with Crippen molar-refractivity contribution in [2.75, 3.05) is 6.61 Å². The molecule has 2 unspecified atom stereocenters. The van der Waals surface area contributed by atoms with Crippen LogP contribution in [0.2, 0.25) is 0 Å². The third-order valence-electron chi connectivity index (χ3n) is 2.93. The Hall–Kier alpha value is -1.42. The first-order valence-corrected chi connectivity index (χ1v) is 5.04. The number of hydrogen-bond acceptors (Lipinski definition) is 3. The molecule has 2 atom stereocenters. The average Bonchev–Trinajstić information content (AvgIpc) is 2.52. The molecule has 4 heteroatoms. The van der Waals surface area contributed by atoms with Crippen LogP contribution in [0.3, 0.4) is 0 Å². The van der Waals surface area contributed by atoms with Gasteiger partial charge in [-0.3, -0.25) is 9.78 Å². The van der Waals surface area contributed by atoms with Crippen LogP contribution in [0, 0.1) is 0 Å². The Kier molecular flexibility index (Phi) is 2.44. The summed E-state index contributed by atoms with van der Waals surface area (Å²) in [5.41, 5.74) is 1.65. The van der Waals surface area contributed by atoms with E-state index in [2.05, 4.69) is 4.98 Å². The number of carbonyl (C=O) groups is 1. The Morgan fingerprint density at radius 1 is 1.67 bits per heavy atom. The van der Waals surface area contributed by atoms with Gasteiger partial charge < -0.3 is 10.0 Å². The predicted molar refractivity (Wildman–Crippen MR) is 55.4 cm³/mol. The zero-order valence-electron chi connectivity index (χ0n) is 8.84. The molecule has 15 heavy (non-hydrogen) atoms. The Labute approximate surface area is 88.6 Å². The highest BCUT2D eigenvalue weighted by atomic mass is 16.3. The van der Waals surface area contributed by atoms with E-state index in [-0.39, 0.29) is 24.6 Å². The molecule has 4 nitrogen and oxygen atoms in total. The van der Waals surface area contributed by atoms with Gasteiger partial charge in [0.05, 0.1) is 24.3 Å². The lowest BCUT2D eigenvalue weighted by Crippen LogP contribution is -2.37. The van der Waals surface area contributed by atoms with Gasteiger partial charge in [0.2, 0.25) is 0 Å². The number of aromatic nitrogens is 1. The molecule has 1 aromatic heterocycles. The van der Waals surface area contributed by atoms with Crippen LogP contribution >= 0.6 is 0 Å². The number of hydrogen-bond donors (Lipinski definition) is 1. The molecule has 0 saturated carbocycles. The normalized spacial score (nSPS) is 21.7. The SMILES string of the molecule is CC(CO)N1C(=O)c2cnccc2C1C. The molecule has 0 aromatic carbocycles. The van der Waals surface area contributed by atoms with Crippen LogP contribution in [0.5, 0.6) is 0 Å². The maximum absolute atomic E-state index is 12.0. The van der Waals surface area contributed by atoms with E-state index in [0.29, 0.717) is 5.56 Å². The molecule has 1 amide bonds. The number of aliphatic hydroxyl groups is 1. The molecule has 2 rings (SSSR count). The van der Waals surface area contributed by atoms with Crippen molar-refractivity contribution in [2.24, 2.45) is 0 Å². The second kappa shape index (κ2) is 3.62. The molecule has 1 aliphatic heterocycles. The van der Waals surface area contributed by atoms with E-state index in [0.717, 1.165) is 5.56 Å². The van der Waals surface area contributed by atoms with Crippen molar-refractivity contribution in [1.29, 1.82) is 0 Å². The minimum atomic E-state index is -0.153. The van der Waals surface area contributed by atoms with Crippen LogP contribution in [0.25, 0.3) is 0 Å². The summed E-state index contributed by atoms with van der Waals surface area (Å²) in [7, 11) is 0. The summed E-state index contributed by atoms with van der Waals surface area (Å²) in [4.78, 5) is 17.6. The minimum Gasteiger partial charge on any atom is -0.394 e. The van der Waals surface area contributed by atoms with Crippen molar-refractivity contribution < 1.29 is 9.90 Å². The van der Waals surface area contributed by atoms with Gasteiger partial charge in [-0.15, -0.1) is 0 Å². The van der Waals surface area contributed by atoms with Gasteiger partial charge in [0.15, 0.2) is 0 Å². The maximum Gasteiger partial charge on any atom is 0.256 e. The lowest BCUT2D eigenvalue weighted by atomic mass is 10.1. The van der Waals surface area contributed by atoms with Crippen molar-refractivity contribution >= 4 is 5.91 Å². The Bertz CT molecular complexity index is 392. The number of aliphatic hydroxyl groups excluding tert-OH is 1. The highest BCUT2D eigenvalue weighted by Crippen LogP contribution is 2.33. The summed E-state index contributed by atoms with van der Waals surface area (Å²) in [6.07, 6.45) is 3.29. The highest BCUT2D eigenvalue weighted by Gasteiger charge is 2.36. The summed E-state index contributed by atoms with van der Waals surface area (Å²) in [5, 5.41) is 9.10. The first kappa shape index (κ1) is 10.1. The molecule has 0 aliphatic carbocycles. The number of pyridine rings is 1. The van der Waals surface area contributed by atoms with E-state index in [1.165, 1.54) is 0 Å². The maximum atomic E-state index is 12.0. The van der Waals surface area contributed by atoms with Gasteiger partial charge in [0.1, 0.15) is 0 Å². The molecular formula is C11H14N2O2. The van der Waals surface area contributed by atoms with Crippen LogP contribution < -0.4 is 0 Å². The van der Waals surface area contributed by atoms with E-state index in [1.54, 1.807) is 17.3 Å². The molecule has 1 aromatic rings. The zero-order chi connectivity index (χ0) is 11.0. The van der Waals surface area contributed by atoms with E-state index >= 15 is 0 Å². The van der Waals surface area contributed by atoms with Crippen LogP contribution in [0.15, 0.2) is 18.5 Å². The summed E-state index contributed by atoms with van der Waals surface area (Å²) in [5.74, 6) is -0.0350. The number of amides is 1. The summed E-state index contributed by atoms with van der Waals surface area (Å²) in [6.45, 7) is 3.79. The number of rotatable bonds is 2. The van der Waals surface area contributed by atoms with Gasteiger partial charge in [-0.2, -0.15) is 0 Å². The largest absolute Gasteiger partial charge is 0.394 e. The standard InChI is InChI=1S/C11H14N2O2/c1-7(6-14)13-8(2)9-3-4-12-5-10(9)11(13)15/h3-5,7-8,14H,6H2,1-2H3. The predicted octanol–water partition coefficient (Wildman–Crippen LogP) is 0.979. The number of fused-ring (bicyclic) bond motifs is 1. The molecule has 0 spiro atoms. The molecule has 0 fully saturated rings. The number of carbonyl (C=O) groups excluding carboxylic acids is 1. The first-order valence-electron chi connectivity index (χ1n) is 5.04. The topological polar surface area (TPSA) is 53.4 Å². The molecule has 0 radical (unpaired) electrons. The Morgan fingerprint density at radius 3 is 3.00 bits per heavy atom. The van der Waals surface area contributed by atoms with Crippen molar-refractivity contribution in [3.63, 3.8) is 0 Å². The smallest absolute Gasteiger partial charge is 0.256 e. The lowest BCUT2D eigenvalue weighted by Gasteiger charge is -2.27. The van der Waals surface area contributed by atoms with E-state index in [9.17, 15) is 4.79 Å². The van der Waals surface area contributed by atoms with Crippen LogP contribution in [-0.4, -0.2) is 33.5 Å². The molecule has 0 saturated heterocycles. The third kappa shape index (κ3) is 1.41. The second-order valence-corrected chi connectivity index (χ2v) is 3.88. The molecule has 1 N–H and O–H groups in total. The lowest BCUT2D eigenvalue weighted by molar-refractivity contribution is 0.0574. The van der Waals surface area contributed by atoms with Gasteiger partial charge >= 0.3 is 0 Å². The minimum absolute atomic E-state index is 0.0164. The third-order valence-corrected chi connectivity index (χ3v) is 2.93. The molecule has 1 aliphatic rings. The van der Waals surface area contributed by atoms with Gasteiger partial charge in [-0.1, -0.05) is 0 Å². The fourth-order valence-electron chi connectivity index (χ4n) is 2.08. The summed E-state index contributed by atoms with van der Waals surface area (Å²) < 4.78 is 0. The highest BCUT2D eigenvalue weighted by molar-refractivity contribution is 5.99. The van der Waals surface area contributed by atoms with E-state index in [4.69, 9.17) is 5.11 Å². The summed E-state index contributed by atoms with van der Waals surface area (Å²) in [6, 6.07) is 1.74. The molecule has 2 heterocycles. The Balaban J connectivity index is 2.41. The zero-order valence-corrected chi connectivity index (χ0v) is 8.84. The van der Waals surface area contributed by atoms with Crippen molar-refractivity contribution in [2.45, 2.75) is 25.9 Å². The van der Waals surface area contributed by atoms with Crippen LogP contribution in [0.1, 0.15) is 35.8 Å². The van der Waals surface area contributed by atoms with Crippen LogP contribution in [-0.2, 0) is 0 Å². The monoisotopic (exact) mass is 206 g/mol. The van der Waals surface area contributed by atoms with Gasteiger partial charge in [-0.05, 0) is 25.5 Å². The van der Waals surface area contributed by atoms with Gasteiger partial charge in [0.25, 0.3) is 5.91 Å². The van der Waals surface area contributed by atoms with Crippen molar-refractivity contribution in [1.82, 2.24) is 9.88 Å². The van der Waals surface area contributed by atoms with Gasteiger partial charge in [-0.25, -0.2) is 0 Å². The quantitative estimate of drug-likeness (QED) is 0.784. The fourth-order valence-corrected chi connectivity index (χ4v) is 2.08. The first-order chi connectivity index (χ1) is 7.16.